The van der Waals surface area contributed by atoms with E-state index < -0.39 is 0 Å². The van der Waals surface area contributed by atoms with Crippen LogP contribution < -0.4 is 11.3 Å². The summed E-state index contributed by atoms with van der Waals surface area (Å²) in [5.74, 6) is 5.41. The van der Waals surface area contributed by atoms with Gasteiger partial charge in [-0.05, 0) is 13.8 Å². The highest BCUT2D eigenvalue weighted by atomic mass is 15.2. The van der Waals surface area contributed by atoms with Crippen molar-refractivity contribution >= 4 is 0 Å². The van der Waals surface area contributed by atoms with E-state index in [2.05, 4.69) is 22.0 Å². The Labute approximate surface area is 77.9 Å². The van der Waals surface area contributed by atoms with Gasteiger partial charge in [0.1, 0.15) is 6.33 Å². The summed E-state index contributed by atoms with van der Waals surface area (Å²) in [6, 6.07) is -0.0683. The van der Waals surface area contributed by atoms with E-state index in [1.54, 1.807) is 6.20 Å². The van der Waals surface area contributed by atoms with Gasteiger partial charge in [-0.2, -0.15) is 0 Å². The summed E-state index contributed by atoms with van der Waals surface area (Å²) in [6.07, 6.45) is 3.27. The predicted molar refractivity (Wildman–Crippen MR) is 51.6 cm³/mol. The van der Waals surface area contributed by atoms with Crippen molar-refractivity contribution in [2.24, 2.45) is 5.84 Å². The summed E-state index contributed by atoms with van der Waals surface area (Å²) in [5.41, 5.74) is 5.51. The minimum atomic E-state index is -0.0683. The maximum absolute atomic E-state index is 5.41. The molecule has 1 aromatic rings. The van der Waals surface area contributed by atoms with Crippen LogP contribution in [0.2, 0.25) is 0 Å². The molecule has 70 valence electrons. The number of hydrogen-bond donors (Lipinski definition) is 2. The van der Waals surface area contributed by atoms with Crippen LogP contribution >= 0.6 is 0 Å². The van der Waals surface area contributed by atoms with Gasteiger partial charge in [0.15, 0.2) is 0 Å². The first kappa shape index (κ1) is 9.83. The lowest BCUT2D eigenvalue weighted by atomic mass is 10.0. The van der Waals surface area contributed by atoms with Gasteiger partial charge in [0.2, 0.25) is 0 Å². The van der Waals surface area contributed by atoms with Crippen LogP contribution in [0, 0.1) is 6.92 Å². The number of nitrogens with zero attached hydrogens (tertiary/aromatic N) is 2. The molecule has 0 aliphatic heterocycles. The van der Waals surface area contributed by atoms with E-state index in [0.29, 0.717) is 0 Å². The van der Waals surface area contributed by atoms with Gasteiger partial charge in [0.05, 0.1) is 6.04 Å². The minimum absolute atomic E-state index is 0.0683. The van der Waals surface area contributed by atoms with Gasteiger partial charge in [-0.15, -0.1) is 0 Å². The van der Waals surface area contributed by atoms with Crippen LogP contribution in [0.1, 0.15) is 24.2 Å². The molecule has 13 heavy (non-hydrogen) atoms. The van der Waals surface area contributed by atoms with Crippen molar-refractivity contribution in [2.75, 3.05) is 0 Å². The van der Waals surface area contributed by atoms with E-state index in [1.165, 1.54) is 6.33 Å². The molecule has 0 saturated carbocycles. The van der Waals surface area contributed by atoms with Gasteiger partial charge in [0.25, 0.3) is 0 Å². The van der Waals surface area contributed by atoms with Crippen LogP contribution in [-0.4, -0.2) is 9.97 Å². The summed E-state index contributed by atoms with van der Waals surface area (Å²) < 4.78 is 0. The van der Waals surface area contributed by atoms with Gasteiger partial charge in [-0.1, -0.05) is 12.2 Å². The lowest BCUT2D eigenvalue weighted by Gasteiger charge is -2.16. The molecule has 0 bridgehead atoms. The average molecular weight is 178 g/mol. The highest BCUT2D eigenvalue weighted by Gasteiger charge is 2.12. The standard InChI is InChI=1S/C9H14N4/c1-6(2)9(13-10)8-4-11-5-12-7(8)3/h4-5,9,13H,1,10H2,2-3H3. The van der Waals surface area contributed by atoms with Gasteiger partial charge in [0, 0.05) is 17.5 Å². The molecule has 0 saturated heterocycles. The van der Waals surface area contributed by atoms with Crippen molar-refractivity contribution in [3.63, 3.8) is 0 Å². The van der Waals surface area contributed by atoms with Crippen molar-refractivity contribution in [2.45, 2.75) is 19.9 Å². The first-order valence-corrected chi connectivity index (χ1v) is 4.05. The van der Waals surface area contributed by atoms with Crippen LogP contribution in [-0.2, 0) is 0 Å². The van der Waals surface area contributed by atoms with Crippen molar-refractivity contribution in [1.29, 1.82) is 0 Å². The van der Waals surface area contributed by atoms with Gasteiger partial charge < -0.3 is 0 Å². The Bertz CT molecular complexity index is 308. The monoisotopic (exact) mass is 178 g/mol. The molecule has 1 unspecified atom stereocenters. The quantitative estimate of drug-likeness (QED) is 0.409. The molecule has 0 fully saturated rings. The number of hydrazine groups is 1. The molecule has 0 aromatic carbocycles. The van der Waals surface area contributed by atoms with Gasteiger partial charge in [-0.3, -0.25) is 5.84 Å². The molecular weight excluding hydrogens is 164 g/mol. The molecule has 4 heteroatoms. The topological polar surface area (TPSA) is 63.8 Å². The van der Waals surface area contributed by atoms with E-state index in [-0.39, 0.29) is 6.04 Å². The zero-order chi connectivity index (χ0) is 9.84. The normalized spacial score (nSPS) is 12.5. The molecule has 1 rings (SSSR count). The SMILES string of the molecule is C=C(C)C(NN)c1cncnc1C. The van der Waals surface area contributed by atoms with Gasteiger partial charge in [-0.25, -0.2) is 15.4 Å². The summed E-state index contributed by atoms with van der Waals surface area (Å²) in [5, 5.41) is 0. The maximum atomic E-state index is 5.41. The Kier molecular flexibility index (Phi) is 3.11. The molecule has 1 aromatic heterocycles. The fourth-order valence-electron chi connectivity index (χ4n) is 1.18. The Morgan fingerprint density at radius 1 is 1.69 bits per heavy atom. The first-order chi connectivity index (χ1) is 6.16. The maximum Gasteiger partial charge on any atom is 0.115 e. The summed E-state index contributed by atoms with van der Waals surface area (Å²) >= 11 is 0. The van der Waals surface area contributed by atoms with Crippen LogP contribution in [0.15, 0.2) is 24.7 Å². The smallest absolute Gasteiger partial charge is 0.115 e. The zero-order valence-corrected chi connectivity index (χ0v) is 7.91. The summed E-state index contributed by atoms with van der Waals surface area (Å²) in [7, 11) is 0. The Morgan fingerprint density at radius 3 is 2.85 bits per heavy atom. The average Bonchev–Trinajstić information content (AvgIpc) is 2.09. The number of rotatable bonds is 3. The zero-order valence-electron chi connectivity index (χ0n) is 7.91. The molecule has 0 aliphatic rings. The van der Waals surface area contributed by atoms with E-state index in [4.69, 9.17) is 5.84 Å². The number of aromatic nitrogens is 2. The van der Waals surface area contributed by atoms with Crippen LogP contribution in [0.3, 0.4) is 0 Å². The molecule has 0 radical (unpaired) electrons. The molecule has 0 aliphatic carbocycles. The second-order valence-electron chi connectivity index (χ2n) is 3.01. The van der Waals surface area contributed by atoms with Crippen molar-refractivity contribution in [3.05, 3.63) is 35.9 Å². The summed E-state index contributed by atoms with van der Waals surface area (Å²) in [4.78, 5) is 8.03. The number of nitrogens with two attached hydrogens (primary N) is 1. The van der Waals surface area contributed by atoms with Crippen LogP contribution in [0.4, 0.5) is 0 Å². The molecule has 4 nitrogen and oxygen atoms in total. The lowest BCUT2D eigenvalue weighted by Crippen LogP contribution is -2.29. The molecule has 1 atom stereocenters. The largest absolute Gasteiger partial charge is 0.271 e. The number of aryl methyl sites for hydroxylation is 1. The highest BCUT2D eigenvalue weighted by Crippen LogP contribution is 2.19. The Balaban J connectivity index is 3.04. The first-order valence-electron chi connectivity index (χ1n) is 4.05. The van der Waals surface area contributed by atoms with Crippen LogP contribution in [0.25, 0.3) is 0 Å². The van der Waals surface area contributed by atoms with Crippen molar-refractivity contribution in [1.82, 2.24) is 15.4 Å². The van der Waals surface area contributed by atoms with Crippen molar-refractivity contribution < 1.29 is 0 Å². The molecular formula is C9H14N4. The van der Waals surface area contributed by atoms with E-state index >= 15 is 0 Å². The Morgan fingerprint density at radius 2 is 2.38 bits per heavy atom. The van der Waals surface area contributed by atoms with E-state index in [9.17, 15) is 0 Å². The lowest BCUT2D eigenvalue weighted by molar-refractivity contribution is 0.618. The van der Waals surface area contributed by atoms with Crippen LogP contribution in [0.5, 0.6) is 0 Å². The third kappa shape index (κ3) is 2.11. The minimum Gasteiger partial charge on any atom is -0.271 e. The second kappa shape index (κ2) is 4.11. The third-order valence-electron chi connectivity index (χ3n) is 1.92. The molecule has 0 amide bonds. The molecule has 0 spiro atoms. The molecule has 3 N–H and O–H groups in total. The Hall–Kier alpha value is -1.26. The second-order valence-corrected chi connectivity index (χ2v) is 3.01. The summed E-state index contributed by atoms with van der Waals surface area (Å²) in [6.45, 7) is 7.68. The third-order valence-corrected chi connectivity index (χ3v) is 1.92. The fraction of sp³-hybridized carbons (Fsp3) is 0.333. The van der Waals surface area contributed by atoms with Crippen molar-refractivity contribution in [3.8, 4) is 0 Å². The van der Waals surface area contributed by atoms with E-state index in [0.717, 1.165) is 16.8 Å². The fourth-order valence-corrected chi connectivity index (χ4v) is 1.18. The number of nitrogens with one attached hydrogen (secondary N) is 1. The predicted octanol–water partition coefficient (Wildman–Crippen LogP) is 0.866. The molecule has 1 heterocycles. The number of hydrogen-bond acceptors (Lipinski definition) is 4. The van der Waals surface area contributed by atoms with Gasteiger partial charge >= 0.3 is 0 Å². The van der Waals surface area contributed by atoms with E-state index in [1.807, 2.05) is 13.8 Å². The highest BCUT2D eigenvalue weighted by molar-refractivity contribution is 5.26.